The molecule has 2 aromatic carbocycles. The summed E-state index contributed by atoms with van der Waals surface area (Å²) >= 11 is 0. The van der Waals surface area contributed by atoms with Crippen LogP contribution in [0.5, 0.6) is 11.5 Å². The molecule has 0 spiro atoms. The van der Waals surface area contributed by atoms with E-state index in [9.17, 15) is 4.79 Å². The number of nitrogens with zero attached hydrogens (tertiary/aromatic N) is 2. The second kappa shape index (κ2) is 10.7. The van der Waals surface area contributed by atoms with E-state index in [1.165, 1.54) is 0 Å². The lowest BCUT2D eigenvalue weighted by Crippen LogP contribution is -2.30. The zero-order chi connectivity index (χ0) is 21.3. The van der Waals surface area contributed by atoms with Crippen LogP contribution in [0.25, 0.3) is 11.0 Å². The maximum absolute atomic E-state index is 11.8. The van der Waals surface area contributed by atoms with Crippen LogP contribution in [-0.4, -0.2) is 35.7 Å². The molecule has 30 heavy (non-hydrogen) atoms. The number of fused-ring (bicyclic) bond motifs is 1. The number of ether oxygens (including phenoxy) is 2. The normalized spacial score (nSPS) is 11.1. The van der Waals surface area contributed by atoms with Crippen LogP contribution in [0, 0.1) is 5.92 Å². The van der Waals surface area contributed by atoms with Gasteiger partial charge >= 0.3 is 0 Å². The van der Waals surface area contributed by atoms with E-state index < -0.39 is 0 Å². The zero-order valence-electron chi connectivity index (χ0n) is 18.1. The van der Waals surface area contributed by atoms with Gasteiger partial charge in [0, 0.05) is 25.4 Å². The third-order valence-corrected chi connectivity index (χ3v) is 5.01. The monoisotopic (exact) mass is 409 g/mol. The van der Waals surface area contributed by atoms with Gasteiger partial charge in [0.05, 0.1) is 24.8 Å². The molecule has 0 bridgehead atoms. The smallest absolute Gasteiger partial charge is 0.222 e. The Morgan fingerprint density at radius 1 is 1.07 bits per heavy atom. The first-order valence-corrected chi connectivity index (χ1v) is 10.6. The summed E-state index contributed by atoms with van der Waals surface area (Å²) in [5.74, 6) is 2.60. The van der Waals surface area contributed by atoms with E-state index in [1.54, 1.807) is 7.11 Å². The van der Waals surface area contributed by atoms with Crippen molar-refractivity contribution in [1.82, 2.24) is 14.9 Å². The molecular weight excluding hydrogens is 378 g/mol. The molecule has 0 aliphatic rings. The molecule has 3 aromatic rings. The van der Waals surface area contributed by atoms with Crippen molar-refractivity contribution in [2.45, 2.75) is 39.7 Å². The summed E-state index contributed by atoms with van der Waals surface area (Å²) in [6.07, 6.45) is 2.61. The number of carbonyl (C=O) groups is 1. The van der Waals surface area contributed by atoms with Crippen LogP contribution in [0.1, 0.15) is 32.5 Å². The van der Waals surface area contributed by atoms with Crippen molar-refractivity contribution in [3.05, 3.63) is 54.4 Å². The number of hydrogen-bond acceptors (Lipinski definition) is 4. The number of aromatic nitrogens is 2. The largest absolute Gasteiger partial charge is 0.493 e. The Balaban J connectivity index is 1.57. The molecule has 6 nitrogen and oxygen atoms in total. The van der Waals surface area contributed by atoms with Crippen LogP contribution in [0.15, 0.2) is 48.5 Å². The van der Waals surface area contributed by atoms with Gasteiger partial charge in [0.15, 0.2) is 11.5 Å². The Labute approximate surface area is 178 Å². The van der Waals surface area contributed by atoms with E-state index in [4.69, 9.17) is 14.5 Å². The molecule has 0 atom stereocenters. The Morgan fingerprint density at radius 2 is 1.80 bits per heavy atom. The molecule has 1 aromatic heterocycles. The maximum Gasteiger partial charge on any atom is 0.222 e. The van der Waals surface area contributed by atoms with Gasteiger partial charge in [0.25, 0.3) is 0 Å². The molecule has 160 valence electrons. The minimum absolute atomic E-state index is 0.00736. The molecule has 0 unspecified atom stereocenters. The van der Waals surface area contributed by atoms with Gasteiger partial charge in [-0.15, -0.1) is 0 Å². The van der Waals surface area contributed by atoms with E-state index in [2.05, 4.69) is 16.0 Å². The highest BCUT2D eigenvalue weighted by Gasteiger charge is 2.12. The van der Waals surface area contributed by atoms with Crippen molar-refractivity contribution in [1.29, 1.82) is 0 Å². The summed E-state index contributed by atoms with van der Waals surface area (Å²) in [7, 11) is 1.65. The van der Waals surface area contributed by atoms with E-state index >= 15 is 0 Å². The highest BCUT2D eigenvalue weighted by atomic mass is 16.5. The van der Waals surface area contributed by atoms with Crippen molar-refractivity contribution in [2.24, 2.45) is 5.92 Å². The Morgan fingerprint density at radius 3 is 2.57 bits per heavy atom. The number of imidazole rings is 1. The summed E-state index contributed by atoms with van der Waals surface area (Å²) in [6.45, 7) is 5.89. The number of para-hydroxylation sites is 4. The average Bonchev–Trinajstić information content (AvgIpc) is 3.11. The number of amides is 1. The quantitative estimate of drug-likeness (QED) is 0.482. The standard InChI is InChI=1S/C24H31N3O3/c1-18(2)24(28)25-15-14-23-26-19-10-4-5-11-20(19)27(23)16-8-9-17-30-22-13-7-6-12-21(22)29-3/h4-7,10-13,18H,8-9,14-17H2,1-3H3,(H,25,28). The van der Waals surface area contributed by atoms with Gasteiger partial charge in [-0.05, 0) is 37.1 Å². The lowest BCUT2D eigenvalue weighted by molar-refractivity contribution is -0.123. The number of unbranched alkanes of at least 4 members (excludes halogenated alkanes) is 1. The van der Waals surface area contributed by atoms with Gasteiger partial charge in [0.2, 0.25) is 5.91 Å². The predicted molar refractivity (Wildman–Crippen MR) is 119 cm³/mol. The molecule has 1 N–H and O–H groups in total. The minimum atomic E-state index is -0.00736. The van der Waals surface area contributed by atoms with Crippen LogP contribution in [0.2, 0.25) is 0 Å². The molecule has 3 rings (SSSR count). The topological polar surface area (TPSA) is 65.4 Å². The number of nitrogens with one attached hydrogen (secondary N) is 1. The Kier molecular flexibility index (Phi) is 7.71. The molecular formula is C24H31N3O3. The van der Waals surface area contributed by atoms with Gasteiger partial charge < -0.3 is 19.4 Å². The van der Waals surface area contributed by atoms with Crippen molar-refractivity contribution >= 4 is 16.9 Å². The molecule has 0 saturated heterocycles. The van der Waals surface area contributed by atoms with Crippen molar-refractivity contribution < 1.29 is 14.3 Å². The lowest BCUT2D eigenvalue weighted by atomic mass is 10.2. The molecule has 0 radical (unpaired) electrons. The van der Waals surface area contributed by atoms with Gasteiger partial charge in [-0.1, -0.05) is 38.1 Å². The highest BCUT2D eigenvalue weighted by molar-refractivity contribution is 5.78. The SMILES string of the molecule is COc1ccccc1OCCCCn1c(CCNC(=O)C(C)C)nc2ccccc21. The van der Waals surface area contributed by atoms with Crippen molar-refractivity contribution in [3.8, 4) is 11.5 Å². The molecule has 1 heterocycles. The Hall–Kier alpha value is -3.02. The lowest BCUT2D eigenvalue weighted by Gasteiger charge is -2.12. The number of benzene rings is 2. The molecule has 6 heteroatoms. The van der Waals surface area contributed by atoms with Gasteiger partial charge in [0.1, 0.15) is 5.82 Å². The first-order valence-electron chi connectivity index (χ1n) is 10.6. The molecule has 0 aliphatic carbocycles. The van der Waals surface area contributed by atoms with E-state index in [0.29, 0.717) is 19.6 Å². The van der Waals surface area contributed by atoms with Crippen LogP contribution in [0.4, 0.5) is 0 Å². The zero-order valence-corrected chi connectivity index (χ0v) is 18.1. The fourth-order valence-electron chi connectivity index (χ4n) is 3.36. The second-order valence-corrected chi connectivity index (χ2v) is 7.57. The number of carbonyl (C=O) groups excluding carboxylic acids is 1. The molecule has 0 saturated carbocycles. The van der Waals surface area contributed by atoms with E-state index in [0.717, 1.165) is 47.7 Å². The predicted octanol–water partition coefficient (Wildman–Crippen LogP) is 4.22. The van der Waals surface area contributed by atoms with E-state index in [1.807, 2.05) is 56.3 Å². The summed E-state index contributed by atoms with van der Waals surface area (Å²) in [4.78, 5) is 16.6. The van der Waals surface area contributed by atoms with Crippen molar-refractivity contribution in [3.63, 3.8) is 0 Å². The number of hydrogen-bond donors (Lipinski definition) is 1. The van der Waals surface area contributed by atoms with Crippen LogP contribution in [0.3, 0.4) is 0 Å². The minimum Gasteiger partial charge on any atom is -0.493 e. The first-order chi connectivity index (χ1) is 14.6. The highest BCUT2D eigenvalue weighted by Crippen LogP contribution is 2.26. The average molecular weight is 410 g/mol. The third-order valence-electron chi connectivity index (χ3n) is 5.01. The third kappa shape index (κ3) is 5.53. The number of rotatable bonds is 11. The fraction of sp³-hybridized carbons (Fsp3) is 0.417. The number of aryl methyl sites for hydroxylation is 1. The molecule has 0 fully saturated rings. The van der Waals surface area contributed by atoms with E-state index in [-0.39, 0.29) is 11.8 Å². The fourth-order valence-corrected chi connectivity index (χ4v) is 3.36. The van der Waals surface area contributed by atoms with Crippen LogP contribution in [-0.2, 0) is 17.8 Å². The maximum atomic E-state index is 11.8. The van der Waals surface area contributed by atoms with Crippen LogP contribution >= 0.6 is 0 Å². The number of methoxy groups -OCH3 is 1. The molecule has 1 amide bonds. The van der Waals surface area contributed by atoms with Gasteiger partial charge in [-0.25, -0.2) is 4.98 Å². The van der Waals surface area contributed by atoms with Crippen molar-refractivity contribution in [2.75, 3.05) is 20.3 Å². The summed E-state index contributed by atoms with van der Waals surface area (Å²) in [5.41, 5.74) is 2.13. The van der Waals surface area contributed by atoms with Gasteiger partial charge in [-0.3, -0.25) is 4.79 Å². The van der Waals surface area contributed by atoms with Crippen LogP contribution < -0.4 is 14.8 Å². The summed E-state index contributed by atoms with van der Waals surface area (Å²) < 4.78 is 13.5. The summed E-state index contributed by atoms with van der Waals surface area (Å²) in [5, 5.41) is 2.98. The molecule has 0 aliphatic heterocycles. The van der Waals surface area contributed by atoms with Gasteiger partial charge in [-0.2, -0.15) is 0 Å². The Bertz CT molecular complexity index is 965. The summed E-state index contributed by atoms with van der Waals surface area (Å²) in [6, 6.07) is 15.9. The second-order valence-electron chi connectivity index (χ2n) is 7.57. The first kappa shape index (κ1) is 21.7.